The predicted octanol–water partition coefficient (Wildman–Crippen LogP) is 5.81. The number of aryl methyl sites for hydroxylation is 1. The maximum atomic E-state index is 13.4. The highest BCUT2D eigenvalue weighted by Crippen LogP contribution is 2.48. The molecule has 0 fully saturated rings. The first-order valence-corrected chi connectivity index (χ1v) is 10.0. The number of rotatable bonds is 2. The Morgan fingerprint density at radius 1 is 1.04 bits per heavy atom. The number of anilines is 1. The molecule has 0 saturated carbocycles. The van der Waals surface area contributed by atoms with E-state index in [1.165, 1.54) is 0 Å². The Morgan fingerprint density at radius 3 is 2.46 bits per heavy atom. The van der Waals surface area contributed by atoms with E-state index in [0.29, 0.717) is 24.3 Å². The summed E-state index contributed by atoms with van der Waals surface area (Å²) in [5.41, 5.74) is 4.24. The van der Waals surface area contributed by atoms with Gasteiger partial charge >= 0.3 is 0 Å². The molecule has 28 heavy (non-hydrogen) atoms. The molecule has 4 rings (SSSR count). The summed E-state index contributed by atoms with van der Waals surface area (Å²) < 4.78 is 0. The summed E-state index contributed by atoms with van der Waals surface area (Å²) in [7, 11) is 0. The Labute approximate surface area is 171 Å². The first-order chi connectivity index (χ1) is 13.3. The highest BCUT2D eigenvalue weighted by atomic mass is 35.5. The first-order valence-electron chi connectivity index (χ1n) is 9.67. The van der Waals surface area contributed by atoms with Crippen LogP contribution in [0.25, 0.3) is 0 Å². The molecule has 1 aliphatic carbocycles. The number of hydrogen-bond acceptors (Lipinski definition) is 2. The fourth-order valence-electron chi connectivity index (χ4n) is 4.49. The van der Waals surface area contributed by atoms with Crippen molar-refractivity contribution >= 4 is 29.0 Å². The van der Waals surface area contributed by atoms with Crippen LogP contribution in [0.15, 0.2) is 59.8 Å². The second kappa shape index (κ2) is 6.89. The van der Waals surface area contributed by atoms with E-state index >= 15 is 0 Å². The van der Waals surface area contributed by atoms with Gasteiger partial charge in [-0.3, -0.25) is 14.5 Å². The zero-order chi connectivity index (χ0) is 20.1. The van der Waals surface area contributed by atoms with Crippen LogP contribution in [0, 0.1) is 12.3 Å². The molecule has 0 bridgehead atoms. The molecule has 0 saturated heterocycles. The second-order valence-corrected chi connectivity index (χ2v) is 9.07. The van der Waals surface area contributed by atoms with E-state index in [1.807, 2.05) is 55.5 Å². The van der Waals surface area contributed by atoms with Crippen LogP contribution in [0.4, 0.5) is 5.69 Å². The third kappa shape index (κ3) is 3.29. The lowest BCUT2D eigenvalue weighted by molar-refractivity contribution is -0.121. The van der Waals surface area contributed by atoms with Gasteiger partial charge in [-0.05, 0) is 42.0 Å². The van der Waals surface area contributed by atoms with Gasteiger partial charge < -0.3 is 0 Å². The number of carbonyl (C=O) groups is 2. The van der Waals surface area contributed by atoms with E-state index in [-0.39, 0.29) is 23.0 Å². The molecule has 3 nitrogen and oxygen atoms in total. The lowest BCUT2D eigenvalue weighted by atomic mass is 9.69. The van der Waals surface area contributed by atoms with Crippen LogP contribution >= 0.6 is 11.6 Å². The topological polar surface area (TPSA) is 37.4 Å². The number of carbonyl (C=O) groups excluding carboxylic acids is 2. The van der Waals surface area contributed by atoms with E-state index in [1.54, 1.807) is 4.90 Å². The van der Waals surface area contributed by atoms with Gasteiger partial charge in [0.25, 0.3) is 0 Å². The molecule has 1 heterocycles. The van der Waals surface area contributed by atoms with Crippen LogP contribution < -0.4 is 4.90 Å². The quantitative estimate of drug-likeness (QED) is 0.645. The predicted molar refractivity (Wildman–Crippen MR) is 113 cm³/mol. The van der Waals surface area contributed by atoms with Gasteiger partial charge in [-0.25, -0.2) is 0 Å². The fourth-order valence-corrected chi connectivity index (χ4v) is 4.65. The van der Waals surface area contributed by atoms with Gasteiger partial charge in [-0.15, -0.1) is 0 Å². The van der Waals surface area contributed by atoms with Gasteiger partial charge in [-0.2, -0.15) is 0 Å². The van der Waals surface area contributed by atoms with Gasteiger partial charge in [-0.1, -0.05) is 61.8 Å². The van der Waals surface area contributed by atoms with Crippen molar-refractivity contribution in [1.29, 1.82) is 0 Å². The summed E-state index contributed by atoms with van der Waals surface area (Å²) in [5.74, 6) is -0.0104. The molecule has 1 unspecified atom stereocenters. The summed E-state index contributed by atoms with van der Waals surface area (Å²) in [6.07, 6.45) is 1.49. The number of allylic oxidation sites excluding steroid dienone is 2. The Morgan fingerprint density at radius 2 is 1.75 bits per heavy atom. The van der Waals surface area contributed by atoms with Gasteiger partial charge in [0.2, 0.25) is 5.91 Å². The van der Waals surface area contributed by atoms with E-state index in [4.69, 9.17) is 11.6 Å². The third-order valence-corrected chi connectivity index (χ3v) is 5.99. The van der Waals surface area contributed by atoms with E-state index in [2.05, 4.69) is 13.8 Å². The highest BCUT2D eigenvalue weighted by Gasteiger charge is 2.44. The maximum absolute atomic E-state index is 13.4. The molecule has 2 aromatic rings. The summed E-state index contributed by atoms with van der Waals surface area (Å²) >= 11 is 6.25. The van der Waals surface area contributed by atoms with Gasteiger partial charge in [0, 0.05) is 35.1 Å². The molecule has 4 heteroatoms. The maximum Gasteiger partial charge on any atom is 0.232 e. The molecule has 0 spiro atoms. The van der Waals surface area contributed by atoms with Crippen molar-refractivity contribution in [3.8, 4) is 0 Å². The minimum absolute atomic E-state index is 0.0171. The minimum atomic E-state index is -0.181. The SMILES string of the molecule is Cc1ccc(Cl)cc1N1C(=O)CC(c2ccccc2)C2=C1CC(C)(C)CC2=O. The molecular formula is C24H24ClNO2. The number of Topliss-reactive ketones (excluding diaryl/α,β-unsaturated/α-hetero) is 1. The summed E-state index contributed by atoms with van der Waals surface area (Å²) in [6, 6.07) is 15.5. The molecular weight excluding hydrogens is 370 g/mol. The van der Waals surface area contributed by atoms with E-state index < -0.39 is 0 Å². The van der Waals surface area contributed by atoms with Crippen molar-refractivity contribution in [1.82, 2.24) is 0 Å². The minimum Gasteiger partial charge on any atom is -0.294 e. The Balaban J connectivity index is 1.93. The van der Waals surface area contributed by atoms with Crippen LogP contribution in [-0.4, -0.2) is 11.7 Å². The molecule has 0 radical (unpaired) electrons. The standard InChI is InChI=1S/C24H24ClNO2/c1-15-9-10-17(25)11-19(15)26-20-13-24(2,3)14-21(27)23(20)18(12-22(26)28)16-7-5-4-6-8-16/h4-11,18H,12-14H2,1-3H3. The number of hydrogen-bond donors (Lipinski definition) is 0. The van der Waals surface area contributed by atoms with Crippen molar-refractivity contribution in [3.05, 3.63) is 76.0 Å². The van der Waals surface area contributed by atoms with Crippen molar-refractivity contribution in [2.75, 3.05) is 4.90 Å². The largest absolute Gasteiger partial charge is 0.294 e. The average molecular weight is 394 g/mol. The molecule has 144 valence electrons. The van der Waals surface area contributed by atoms with Crippen molar-refractivity contribution in [3.63, 3.8) is 0 Å². The lowest BCUT2D eigenvalue weighted by Crippen LogP contribution is -2.44. The molecule has 1 aliphatic heterocycles. The smallest absolute Gasteiger partial charge is 0.232 e. The monoisotopic (exact) mass is 393 g/mol. The van der Waals surface area contributed by atoms with Crippen molar-refractivity contribution in [2.24, 2.45) is 5.41 Å². The summed E-state index contributed by atoms with van der Waals surface area (Å²) in [5, 5.41) is 0.585. The van der Waals surface area contributed by atoms with Gasteiger partial charge in [0.15, 0.2) is 5.78 Å². The lowest BCUT2D eigenvalue weighted by Gasteiger charge is -2.43. The highest BCUT2D eigenvalue weighted by molar-refractivity contribution is 6.31. The normalized spacial score (nSPS) is 21.7. The van der Waals surface area contributed by atoms with Crippen molar-refractivity contribution in [2.45, 2.75) is 46.0 Å². The van der Waals surface area contributed by atoms with Gasteiger partial charge in [0.05, 0.1) is 5.69 Å². The summed E-state index contributed by atoms with van der Waals surface area (Å²) in [6.45, 7) is 6.15. The van der Waals surface area contributed by atoms with E-state index in [0.717, 1.165) is 28.1 Å². The zero-order valence-corrected chi connectivity index (χ0v) is 17.2. The number of amides is 1. The number of ketones is 1. The van der Waals surface area contributed by atoms with Crippen LogP contribution in [0.1, 0.15) is 50.2 Å². The average Bonchev–Trinajstić information content (AvgIpc) is 2.63. The Hall–Kier alpha value is -2.39. The van der Waals surface area contributed by atoms with Crippen LogP contribution in [0.5, 0.6) is 0 Å². The third-order valence-electron chi connectivity index (χ3n) is 5.76. The number of halogens is 1. The molecule has 2 aliphatic rings. The van der Waals surface area contributed by atoms with Crippen LogP contribution in [0.2, 0.25) is 5.02 Å². The molecule has 1 atom stereocenters. The number of nitrogens with zero attached hydrogens (tertiary/aromatic N) is 1. The van der Waals surface area contributed by atoms with Crippen LogP contribution in [0.3, 0.4) is 0 Å². The zero-order valence-electron chi connectivity index (χ0n) is 16.5. The fraction of sp³-hybridized carbons (Fsp3) is 0.333. The van der Waals surface area contributed by atoms with Crippen molar-refractivity contribution < 1.29 is 9.59 Å². The molecule has 0 aromatic heterocycles. The molecule has 1 amide bonds. The number of benzene rings is 2. The van der Waals surface area contributed by atoms with Crippen LogP contribution in [-0.2, 0) is 9.59 Å². The first kappa shape index (κ1) is 18.9. The summed E-state index contributed by atoms with van der Waals surface area (Å²) in [4.78, 5) is 28.4. The second-order valence-electron chi connectivity index (χ2n) is 8.63. The molecule has 0 N–H and O–H groups in total. The Kier molecular flexibility index (Phi) is 4.67. The molecule has 2 aromatic carbocycles. The van der Waals surface area contributed by atoms with Gasteiger partial charge in [0.1, 0.15) is 0 Å². The Bertz CT molecular complexity index is 991. The van der Waals surface area contributed by atoms with E-state index in [9.17, 15) is 9.59 Å².